The number of ether oxygens (including phenoxy) is 2. The Morgan fingerprint density at radius 1 is 1.35 bits per heavy atom. The van der Waals surface area contributed by atoms with Gasteiger partial charge in [0.25, 0.3) is 0 Å². The summed E-state index contributed by atoms with van der Waals surface area (Å²) < 4.78 is 11.0. The van der Waals surface area contributed by atoms with Crippen LogP contribution in [-0.4, -0.2) is 50.3 Å². The fraction of sp³-hybridized carbons (Fsp3) is 0.812. The molecule has 3 rings (SSSR count). The van der Waals surface area contributed by atoms with E-state index in [4.69, 9.17) is 9.47 Å². The first-order chi connectivity index (χ1) is 9.72. The van der Waals surface area contributed by atoms with Crippen LogP contribution in [0.15, 0.2) is 12.2 Å². The standard InChI is InChI=1S/C16H25NO3/c1-19-11-14-10-16(12-20-14)6-8-17(9-7-16)15(18)13-4-2-3-5-13/h2-3,13-14H,4-12H2,1H3. The lowest BCUT2D eigenvalue weighted by Crippen LogP contribution is -2.45. The number of hydrogen-bond acceptors (Lipinski definition) is 3. The van der Waals surface area contributed by atoms with Gasteiger partial charge in [0, 0.05) is 26.1 Å². The molecule has 4 nitrogen and oxygen atoms in total. The monoisotopic (exact) mass is 279 g/mol. The van der Waals surface area contributed by atoms with Gasteiger partial charge in [0.1, 0.15) is 0 Å². The van der Waals surface area contributed by atoms with Gasteiger partial charge in [0.05, 0.1) is 19.3 Å². The maximum absolute atomic E-state index is 12.4. The molecule has 0 aromatic carbocycles. The summed E-state index contributed by atoms with van der Waals surface area (Å²) in [4.78, 5) is 14.5. The summed E-state index contributed by atoms with van der Waals surface area (Å²) in [6, 6.07) is 0. The second kappa shape index (κ2) is 5.86. The van der Waals surface area contributed by atoms with Crippen molar-refractivity contribution in [3.05, 3.63) is 12.2 Å². The number of allylic oxidation sites excluding steroid dienone is 2. The molecule has 0 saturated carbocycles. The normalized spacial score (nSPS) is 29.4. The first-order valence-electron chi connectivity index (χ1n) is 7.77. The predicted octanol–water partition coefficient (Wildman–Crippen LogP) is 2.00. The highest BCUT2D eigenvalue weighted by molar-refractivity contribution is 5.79. The Labute approximate surface area is 121 Å². The van der Waals surface area contributed by atoms with E-state index in [9.17, 15) is 4.79 Å². The molecule has 3 aliphatic rings. The first kappa shape index (κ1) is 14.1. The van der Waals surface area contributed by atoms with Crippen molar-refractivity contribution < 1.29 is 14.3 Å². The maximum atomic E-state index is 12.4. The van der Waals surface area contributed by atoms with Crippen molar-refractivity contribution in [1.82, 2.24) is 4.90 Å². The van der Waals surface area contributed by atoms with Gasteiger partial charge in [-0.15, -0.1) is 0 Å². The van der Waals surface area contributed by atoms with Crippen LogP contribution in [0.5, 0.6) is 0 Å². The Morgan fingerprint density at radius 2 is 2.05 bits per heavy atom. The number of hydrogen-bond donors (Lipinski definition) is 0. The number of piperidine rings is 1. The van der Waals surface area contributed by atoms with Crippen LogP contribution in [0.2, 0.25) is 0 Å². The Balaban J connectivity index is 1.51. The highest BCUT2D eigenvalue weighted by Gasteiger charge is 2.43. The van der Waals surface area contributed by atoms with E-state index in [0.29, 0.717) is 17.9 Å². The number of methoxy groups -OCH3 is 1. The van der Waals surface area contributed by atoms with Crippen LogP contribution in [0, 0.1) is 11.3 Å². The van der Waals surface area contributed by atoms with Crippen molar-refractivity contribution in [3.8, 4) is 0 Å². The molecule has 1 spiro atoms. The summed E-state index contributed by atoms with van der Waals surface area (Å²) in [7, 11) is 1.73. The zero-order chi connectivity index (χ0) is 14.0. The SMILES string of the molecule is COCC1CC2(CCN(C(=O)C3CC=CC3)CC2)CO1. The number of likely N-dealkylation sites (tertiary alicyclic amines) is 1. The lowest BCUT2D eigenvalue weighted by Gasteiger charge is -2.39. The van der Waals surface area contributed by atoms with Crippen molar-refractivity contribution in [1.29, 1.82) is 0 Å². The van der Waals surface area contributed by atoms with Gasteiger partial charge in [-0.05, 0) is 37.5 Å². The second-order valence-corrected chi connectivity index (χ2v) is 6.56. The summed E-state index contributed by atoms with van der Waals surface area (Å²) in [5.41, 5.74) is 0.300. The topological polar surface area (TPSA) is 38.8 Å². The van der Waals surface area contributed by atoms with Gasteiger partial charge in [-0.25, -0.2) is 0 Å². The molecule has 4 heteroatoms. The number of nitrogens with zero attached hydrogens (tertiary/aromatic N) is 1. The van der Waals surface area contributed by atoms with E-state index < -0.39 is 0 Å². The average molecular weight is 279 g/mol. The largest absolute Gasteiger partial charge is 0.382 e. The van der Waals surface area contributed by atoms with Gasteiger partial charge in [0.2, 0.25) is 5.91 Å². The lowest BCUT2D eigenvalue weighted by atomic mass is 9.76. The van der Waals surface area contributed by atoms with Crippen LogP contribution in [0.25, 0.3) is 0 Å². The van der Waals surface area contributed by atoms with Crippen LogP contribution in [-0.2, 0) is 14.3 Å². The third-order valence-corrected chi connectivity index (χ3v) is 5.13. The zero-order valence-electron chi connectivity index (χ0n) is 12.3. The summed E-state index contributed by atoms with van der Waals surface area (Å²) >= 11 is 0. The van der Waals surface area contributed by atoms with Crippen molar-refractivity contribution >= 4 is 5.91 Å². The minimum Gasteiger partial charge on any atom is -0.382 e. The van der Waals surface area contributed by atoms with Crippen LogP contribution in [0.3, 0.4) is 0 Å². The molecule has 0 N–H and O–H groups in total. The van der Waals surface area contributed by atoms with Crippen molar-refractivity contribution in [2.24, 2.45) is 11.3 Å². The molecule has 0 aromatic heterocycles. The maximum Gasteiger partial charge on any atom is 0.226 e. The molecule has 1 amide bonds. The van der Waals surface area contributed by atoms with E-state index in [0.717, 1.165) is 51.8 Å². The van der Waals surface area contributed by atoms with Gasteiger partial charge < -0.3 is 14.4 Å². The highest BCUT2D eigenvalue weighted by atomic mass is 16.5. The van der Waals surface area contributed by atoms with Gasteiger partial charge in [-0.3, -0.25) is 4.79 Å². The van der Waals surface area contributed by atoms with Crippen molar-refractivity contribution in [2.75, 3.05) is 33.4 Å². The number of amides is 1. The summed E-state index contributed by atoms with van der Waals surface area (Å²) in [6.07, 6.45) is 9.63. The molecule has 0 bridgehead atoms. The number of rotatable bonds is 3. The van der Waals surface area contributed by atoms with Crippen molar-refractivity contribution in [2.45, 2.75) is 38.2 Å². The Hall–Kier alpha value is -0.870. The second-order valence-electron chi connectivity index (χ2n) is 6.56. The van der Waals surface area contributed by atoms with E-state index in [-0.39, 0.29) is 12.0 Å². The van der Waals surface area contributed by atoms with E-state index in [1.54, 1.807) is 7.11 Å². The lowest BCUT2D eigenvalue weighted by molar-refractivity contribution is -0.137. The Bertz CT molecular complexity index is 377. The number of carbonyl (C=O) groups is 1. The zero-order valence-corrected chi connectivity index (χ0v) is 12.3. The molecule has 1 unspecified atom stereocenters. The van der Waals surface area contributed by atoms with Crippen LogP contribution < -0.4 is 0 Å². The molecule has 1 atom stereocenters. The smallest absolute Gasteiger partial charge is 0.226 e. The fourth-order valence-corrected chi connectivity index (χ4v) is 3.82. The molecule has 0 aromatic rings. The van der Waals surface area contributed by atoms with Crippen LogP contribution >= 0.6 is 0 Å². The quantitative estimate of drug-likeness (QED) is 0.742. The molecular formula is C16H25NO3. The molecule has 0 radical (unpaired) electrons. The van der Waals surface area contributed by atoms with Crippen LogP contribution in [0.4, 0.5) is 0 Å². The molecule has 2 fully saturated rings. The van der Waals surface area contributed by atoms with Crippen molar-refractivity contribution in [3.63, 3.8) is 0 Å². The molecule has 20 heavy (non-hydrogen) atoms. The molecule has 112 valence electrons. The fourth-order valence-electron chi connectivity index (χ4n) is 3.82. The molecule has 2 aliphatic heterocycles. The average Bonchev–Trinajstić information content (AvgIpc) is 3.10. The van der Waals surface area contributed by atoms with E-state index in [1.807, 2.05) is 0 Å². The third-order valence-electron chi connectivity index (χ3n) is 5.13. The summed E-state index contributed by atoms with van der Waals surface area (Å²) in [6.45, 7) is 3.34. The van der Waals surface area contributed by atoms with E-state index in [1.165, 1.54) is 0 Å². The third kappa shape index (κ3) is 2.77. The minimum atomic E-state index is 0.213. The summed E-state index contributed by atoms with van der Waals surface area (Å²) in [5.74, 6) is 0.572. The predicted molar refractivity (Wildman–Crippen MR) is 76.3 cm³/mol. The van der Waals surface area contributed by atoms with Gasteiger partial charge in [-0.1, -0.05) is 12.2 Å². The van der Waals surface area contributed by atoms with E-state index >= 15 is 0 Å². The number of carbonyl (C=O) groups excluding carboxylic acids is 1. The molecule has 2 heterocycles. The van der Waals surface area contributed by atoms with Crippen LogP contribution in [0.1, 0.15) is 32.1 Å². The Morgan fingerprint density at radius 3 is 2.70 bits per heavy atom. The van der Waals surface area contributed by atoms with Gasteiger partial charge >= 0.3 is 0 Å². The van der Waals surface area contributed by atoms with Gasteiger partial charge in [0.15, 0.2) is 0 Å². The van der Waals surface area contributed by atoms with Gasteiger partial charge in [-0.2, -0.15) is 0 Å². The molecule has 1 aliphatic carbocycles. The first-order valence-corrected chi connectivity index (χ1v) is 7.77. The Kier molecular flexibility index (Phi) is 4.13. The van der Waals surface area contributed by atoms with E-state index in [2.05, 4.69) is 17.1 Å². The molecule has 2 saturated heterocycles. The highest BCUT2D eigenvalue weighted by Crippen LogP contribution is 2.42. The minimum absolute atomic E-state index is 0.213. The summed E-state index contributed by atoms with van der Waals surface area (Å²) in [5, 5.41) is 0. The molecular weight excluding hydrogens is 254 g/mol.